The molecule has 0 fully saturated rings. The topological polar surface area (TPSA) is 67.7 Å². The van der Waals surface area contributed by atoms with Gasteiger partial charge in [-0.1, -0.05) is 11.6 Å². The highest BCUT2D eigenvalue weighted by molar-refractivity contribution is 6.31. The molecule has 0 saturated heterocycles. The Labute approximate surface area is 133 Å². The Morgan fingerprint density at radius 3 is 2.57 bits per heavy atom. The van der Waals surface area contributed by atoms with Crippen LogP contribution in [-0.4, -0.2) is 15.7 Å². The van der Waals surface area contributed by atoms with Gasteiger partial charge in [-0.3, -0.25) is 5.41 Å². The standard InChI is InChI=1S/C15H10ClF3N4/c16-7-1-4-13-9(5-7)12(22-23(13)15(20)21)6-8-10(17)2-3-11(18)14(8)19/h1-5H,6H2,(H3,20,21). The molecule has 0 atom stereocenters. The predicted octanol–water partition coefficient (Wildman–Crippen LogP) is 3.44. The number of nitrogen functional groups attached to an aromatic ring is 1. The summed E-state index contributed by atoms with van der Waals surface area (Å²) in [5.74, 6) is -3.65. The summed E-state index contributed by atoms with van der Waals surface area (Å²) in [4.78, 5) is 0. The van der Waals surface area contributed by atoms with Crippen LogP contribution in [-0.2, 0) is 6.42 Å². The van der Waals surface area contributed by atoms with Crippen molar-refractivity contribution in [1.82, 2.24) is 9.78 Å². The lowest BCUT2D eigenvalue weighted by Crippen LogP contribution is -2.21. The van der Waals surface area contributed by atoms with E-state index < -0.39 is 23.0 Å². The SMILES string of the molecule is N=C(N)n1nc(Cc2c(F)ccc(F)c2F)c2cc(Cl)ccc21. The predicted molar refractivity (Wildman–Crippen MR) is 81.2 cm³/mol. The number of nitrogens with two attached hydrogens (primary N) is 1. The van der Waals surface area contributed by atoms with E-state index in [9.17, 15) is 13.2 Å². The molecule has 0 amide bonds. The Morgan fingerprint density at radius 1 is 1.17 bits per heavy atom. The van der Waals surface area contributed by atoms with Crippen molar-refractivity contribution in [2.45, 2.75) is 6.42 Å². The maximum Gasteiger partial charge on any atom is 0.214 e. The zero-order valence-electron chi connectivity index (χ0n) is 11.6. The van der Waals surface area contributed by atoms with Crippen LogP contribution in [0.4, 0.5) is 13.2 Å². The van der Waals surface area contributed by atoms with Crippen LogP contribution in [0.5, 0.6) is 0 Å². The van der Waals surface area contributed by atoms with Crippen molar-refractivity contribution >= 4 is 28.5 Å². The van der Waals surface area contributed by atoms with Crippen LogP contribution >= 0.6 is 11.6 Å². The average molecular weight is 339 g/mol. The molecule has 118 valence electrons. The van der Waals surface area contributed by atoms with Gasteiger partial charge in [-0.2, -0.15) is 5.10 Å². The second-order valence-electron chi connectivity index (χ2n) is 4.90. The first-order valence-corrected chi connectivity index (χ1v) is 6.90. The van der Waals surface area contributed by atoms with Gasteiger partial charge >= 0.3 is 0 Å². The number of rotatable bonds is 2. The van der Waals surface area contributed by atoms with Crippen molar-refractivity contribution in [3.8, 4) is 0 Å². The molecule has 0 aliphatic carbocycles. The smallest absolute Gasteiger partial charge is 0.214 e. The number of benzene rings is 2. The third-order valence-electron chi connectivity index (χ3n) is 3.43. The van der Waals surface area contributed by atoms with Crippen molar-refractivity contribution in [3.63, 3.8) is 0 Å². The lowest BCUT2D eigenvalue weighted by molar-refractivity contribution is 0.482. The summed E-state index contributed by atoms with van der Waals surface area (Å²) in [7, 11) is 0. The zero-order chi connectivity index (χ0) is 16.7. The largest absolute Gasteiger partial charge is 0.368 e. The minimum Gasteiger partial charge on any atom is -0.368 e. The van der Waals surface area contributed by atoms with Gasteiger partial charge in [0.2, 0.25) is 5.96 Å². The Morgan fingerprint density at radius 2 is 1.87 bits per heavy atom. The van der Waals surface area contributed by atoms with E-state index in [1.165, 1.54) is 0 Å². The van der Waals surface area contributed by atoms with Crippen molar-refractivity contribution in [2.75, 3.05) is 0 Å². The molecule has 8 heteroatoms. The van der Waals surface area contributed by atoms with E-state index in [2.05, 4.69) is 5.10 Å². The molecule has 23 heavy (non-hydrogen) atoms. The first-order chi connectivity index (χ1) is 10.9. The second-order valence-corrected chi connectivity index (χ2v) is 5.34. The molecule has 4 nitrogen and oxygen atoms in total. The van der Waals surface area contributed by atoms with Gasteiger partial charge in [-0.25, -0.2) is 17.9 Å². The number of halogens is 4. The number of fused-ring (bicyclic) bond motifs is 1. The van der Waals surface area contributed by atoms with E-state index in [-0.39, 0.29) is 18.1 Å². The summed E-state index contributed by atoms with van der Waals surface area (Å²) < 4.78 is 42.1. The average Bonchev–Trinajstić information content (AvgIpc) is 2.86. The molecule has 0 aliphatic heterocycles. The third-order valence-corrected chi connectivity index (χ3v) is 3.66. The van der Waals surface area contributed by atoms with Gasteiger partial charge in [0.1, 0.15) is 5.82 Å². The Bertz CT molecular complexity index is 936. The van der Waals surface area contributed by atoms with Gasteiger partial charge in [-0.05, 0) is 30.3 Å². The minimum absolute atomic E-state index is 0.237. The summed E-state index contributed by atoms with van der Waals surface area (Å²) >= 11 is 5.94. The zero-order valence-corrected chi connectivity index (χ0v) is 12.3. The van der Waals surface area contributed by atoms with Gasteiger partial charge in [-0.15, -0.1) is 0 Å². The van der Waals surface area contributed by atoms with Crippen LogP contribution in [0.2, 0.25) is 5.02 Å². The van der Waals surface area contributed by atoms with Crippen molar-refractivity contribution in [3.05, 3.63) is 64.1 Å². The molecule has 0 spiro atoms. The highest BCUT2D eigenvalue weighted by atomic mass is 35.5. The molecule has 1 heterocycles. The van der Waals surface area contributed by atoms with Crippen molar-refractivity contribution in [2.24, 2.45) is 5.73 Å². The Hall–Kier alpha value is -2.54. The first-order valence-electron chi connectivity index (χ1n) is 6.52. The summed E-state index contributed by atoms with van der Waals surface area (Å²) in [5, 5.41) is 12.5. The first kappa shape index (κ1) is 15.4. The molecule has 3 rings (SSSR count). The quantitative estimate of drug-likeness (QED) is 0.427. The summed E-state index contributed by atoms with van der Waals surface area (Å²) in [6.45, 7) is 0. The maximum absolute atomic E-state index is 13.9. The summed E-state index contributed by atoms with van der Waals surface area (Å²) in [5.41, 5.74) is 5.71. The molecule has 0 radical (unpaired) electrons. The minimum atomic E-state index is -1.27. The molecule has 3 aromatic rings. The fourth-order valence-electron chi connectivity index (χ4n) is 2.37. The molecular formula is C15H10ClF3N4. The monoisotopic (exact) mass is 338 g/mol. The van der Waals surface area contributed by atoms with Gasteiger partial charge in [0.15, 0.2) is 11.6 Å². The molecule has 2 aromatic carbocycles. The van der Waals surface area contributed by atoms with Crippen LogP contribution < -0.4 is 5.73 Å². The number of nitrogens with one attached hydrogen (secondary N) is 1. The second kappa shape index (κ2) is 5.58. The van der Waals surface area contributed by atoms with E-state index in [4.69, 9.17) is 22.7 Å². The number of nitrogens with zero attached hydrogens (tertiary/aromatic N) is 2. The number of aromatic nitrogens is 2. The highest BCUT2D eigenvalue weighted by Crippen LogP contribution is 2.26. The lowest BCUT2D eigenvalue weighted by atomic mass is 10.1. The normalized spacial score (nSPS) is 11.1. The van der Waals surface area contributed by atoms with Gasteiger partial charge in [0, 0.05) is 22.4 Å². The molecule has 0 saturated carbocycles. The van der Waals surface area contributed by atoms with Crippen LogP contribution in [0.15, 0.2) is 30.3 Å². The Kier molecular flexibility index (Phi) is 3.73. The van der Waals surface area contributed by atoms with Crippen LogP contribution in [0.25, 0.3) is 10.9 Å². The number of hydrogen-bond donors (Lipinski definition) is 2. The van der Waals surface area contributed by atoms with Crippen LogP contribution in [0, 0.1) is 22.9 Å². The van der Waals surface area contributed by atoms with Gasteiger partial charge in [0.25, 0.3) is 0 Å². The molecule has 0 aliphatic rings. The molecule has 0 unspecified atom stereocenters. The fraction of sp³-hybridized carbons (Fsp3) is 0.0667. The highest BCUT2D eigenvalue weighted by Gasteiger charge is 2.19. The fourth-order valence-corrected chi connectivity index (χ4v) is 2.54. The molecular weight excluding hydrogens is 329 g/mol. The molecule has 0 bridgehead atoms. The maximum atomic E-state index is 13.9. The Balaban J connectivity index is 2.20. The van der Waals surface area contributed by atoms with Crippen molar-refractivity contribution < 1.29 is 13.2 Å². The van der Waals surface area contributed by atoms with E-state index in [0.29, 0.717) is 15.9 Å². The van der Waals surface area contributed by atoms with Crippen LogP contribution in [0.3, 0.4) is 0 Å². The number of hydrogen-bond acceptors (Lipinski definition) is 2. The van der Waals surface area contributed by atoms with E-state index in [0.717, 1.165) is 16.8 Å². The summed E-state index contributed by atoms with van der Waals surface area (Å²) in [6.07, 6.45) is -0.299. The van der Waals surface area contributed by atoms with E-state index in [1.54, 1.807) is 18.2 Å². The lowest BCUT2D eigenvalue weighted by Gasteiger charge is -2.04. The van der Waals surface area contributed by atoms with Crippen LogP contribution in [0.1, 0.15) is 11.3 Å². The van der Waals surface area contributed by atoms with E-state index >= 15 is 0 Å². The third kappa shape index (κ3) is 2.63. The molecule has 3 N–H and O–H groups in total. The van der Waals surface area contributed by atoms with Crippen molar-refractivity contribution in [1.29, 1.82) is 5.41 Å². The summed E-state index contributed by atoms with van der Waals surface area (Å²) in [6, 6.07) is 6.29. The van der Waals surface area contributed by atoms with Gasteiger partial charge < -0.3 is 5.73 Å². The molecule has 1 aromatic heterocycles. The van der Waals surface area contributed by atoms with Gasteiger partial charge in [0.05, 0.1) is 11.2 Å². The van der Waals surface area contributed by atoms with E-state index in [1.807, 2.05) is 0 Å².